The summed E-state index contributed by atoms with van der Waals surface area (Å²) < 4.78 is 26.6. The molecule has 10 heteroatoms. The predicted molar refractivity (Wildman–Crippen MR) is 121 cm³/mol. The predicted octanol–water partition coefficient (Wildman–Crippen LogP) is 3.57. The van der Waals surface area contributed by atoms with Gasteiger partial charge < -0.3 is 0 Å². The van der Waals surface area contributed by atoms with Gasteiger partial charge >= 0.3 is 0 Å². The molecule has 0 saturated carbocycles. The lowest BCUT2D eigenvalue weighted by Crippen LogP contribution is -2.26. The Bertz CT molecular complexity index is 1270. The summed E-state index contributed by atoms with van der Waals surface area (Å²) in [6.45, 7) is 1.62. The molecule has 0 aliphatic heterocycles. The van der Waals surface area contributed by atoms with E-state index in [2.05, 4.69) is 10.5 Å². The molecule has 1 N–H and O–H groups in total. The quantitative estimate of drug-likeness (QED) is 0.334. The molecule has 32 heavy (non-hydrogen) atoms. The van der Waals surface area contributed by atoms with Crippen molar-refractivity contribution in [3.63, 3.8) is 0 Å². The first-order valence-electron chi connectivity index (χ1n) is 9.43. The number of non-ortho nitro benzene ring substituents is 1. The second-order valence-electron chi connectivity index (χ2n) is 6.78. The fourth-order valence-electron chi connectivity index (χ4n) is 2.82. The lowest BCUT2D eigenvalue weighted by molar-refractivity contribution is -0.384. The minimum absolute atomic E-state index is 0.0754. The van der Waals surface area contributed by atoms with Crippen molar-refractivity contribution in [1.29, 1.82) is 0 Å². The molecule has 3 rings (SSSR count). The first-order chi connectivity index (χ1) is 15.2. The van der Waals surface area contributed by atoms with Crippen molar-refractivity contribution in [3.05, 3.63) is 100 Å². The number of nitrogens with one attached hydrogen (secondary N) is 1. The second kappa shape index (κ2) is 9.40. The van der Waals surface area contributed by atoms with Gasteiger partial charge in [-0.2, -0.15) is 5.10 Å². The van der Waals surface area contributed by atoms with Gasteiger partial charge in [0.1, 0.15) is 0 Å². The summed E-state index contributed by atoms with van der Waals surface area (Å²) in [6.07, 6.45) is 0. The third-order valence-corrected chi connectivity index (χ3v) is 6.49. The van der Waals surface area contributed by atoms with Crippen molar-refractivity contribution in [2.75, 3.05) is 11.4 Å². The van der Waals surface area contributed by atoms with Gasteiger partial charge in [0, 0.05) is 30.3 Å². The summed E-state index contributed by atoms with van der Waals surface area (Å²) >= 11 is 0. The molecule has 0 bridgehead atoms. The molecular formula is C22H20N4O5S. The van der Waals surface area contributed by atoms with Gasteiger partial charge in [-0.05, 0) is 43.3 Å². The van der Waals surface area contributed by atoms with Gasteiger partial charge in [0.2, 0.25) is 0 Å². The van der Waals surface area contributed by atoms with Crippen LogP contribution >= 0.6 is 0 Å². The van der Waals surface area contributed by atoms with E-state index >= 15 is 0 Å². The average Bonchev–Trinajstić information content (AvgIpc) is 2.82. The van der Waals surface area contributed by atoms with Crippen molar-refractivity contribution in [2.45, 2.75) is 11.8 Å². The van der Waals surface area contributed by atoms with Crippen LogP contribution in [0.1, 0.15) is 22.8 Å². The number of benzene rings is 3. The summed E-state index contributed by atoms with van der Waals surface area (Å²) in [7, 11) is -2.29. The third kappa shape index (κ3) is 4.98. The number of carbonyl (C=O) groups is 1. The van der Waals surface area contributed by atoms with Crippen LogP contribution in [0.2, 0.25) is 0 Å². The molecule has 0 saturated heterocycles. The van der Waals surface area contributed by atoms with Crippen molar-refractivity contribution < 1.29 is 18.1 Å². The number of hydrogen-bond acceptors (Lipinski definition) is 6. The maximum absolute atomic E-state index is 12.7. The Morgan fingerprint density at radius 1 is 0.969 bits per heavy atom. The molecule has 0 unspecified atom stereocenters. The van der Waals surface area contributed by atoms with Crippen molar-refractivity contribution in [1.82, 2.24) is 5.43 Å². The number of hydrogen-bond donors (Lipinski definition) is 1. The summed E-state index contributed by atoms with van der Waals surface area (Å²) in [6, 6.07) is 20.0. The van der Waals surface area contributed by atoms with Crippen LogP contribution in [-0.4, -0.2) is 32.0 Å². The first kappa shape index (κ1) is 22.6. The van der Waals surface area contributed by atoms with E-state index in [-0.39, 0.29) is 16.1 Å². The lowest BCUT2D eigenvalue weighted by Gasteiger charge is -2.19. The molecule has 3 aromatic carbocycles. The van der Waals surface area contributed by atoms with Crippen LogP contribution in [0.15, 0.2) is 88.9 Å². The van der Waals surface area contributed by atoms with E-state index in [1.165, 1.54) is 61.6 Å². The van der Waals surface area contributed by atoms with Crippen LogP contribution in [0.4, 0.5) is 11.4 Å². The van der Waals surface area contributed by atoms with Gasteiger partial charge in [-0.15, -0.1) is 0 Å². The van der Waals surface area contributed by atoms with Crippen LogP contribution in [0, 0.1) is 10.1 Å². The Morgan fingerprint density at radius 3 is 2.25 bits per heavy atom. The highest BCUT2D eigenvalue weighted by Gasteiger charge is 2.21. The number of sulfonamides is 1. The van der Waals surface area contributed by atoms with E-state index < -0.39 is 20.9 Å². The van der Waals surface area contributed by atoms with Gasteiger partial charge in [0.25, 0.3) is 21.6 Å². The van der Waals surface area contributed by atoms with Gasteiger partial charge in [-0.1, -0.05) is 30.3 Å². The molecule has 0 spiro atoms. The number of rotatable bonds is 7. The van der Waals surface area contributed by atoms with E-state index in [0.717, 1.165) is 4.31 Å². The Balaban J connectivity index is 1.72. The number of anilines is 1. The second-order valence-corrected chi connectivity index (χ2v) is 8.75. The number of carbonyl (C=O) groups excluding carboxylic acids is 1. The fraction of sp³-hybridized carbons (Fsp3) is 0.0909. The van der Waals surface area contributed by atoms with Crippen LogP contribution in [-0.2, 0) is 10.0 Å². The number of hydrazone groups is 1. The Labute approximate surface area is 185 Å². The van der Waals surface area contributed by atoms with E-state index in [9.17, 15) is 23.3 Å². The molecule has 0 aromatic heterocycles. The number of nitro benzene ring substituents is 1. The Kier molecular flexibility index (Phi) is 6.64. The van der Waals surface area contributed by atoms with E-state index in [0.29, 0.717) is 17.0 Å². The molecule has 0 atom stereocenters. The molecule has 0 aliphatic carbocycles. The lowest BCUT2D eigenvalue weighted by atomic mass is 10.1. The zero-order valence-corrected chi connectivity index (χ0v) is 18.1. The maximum atomic E-state index is 12.7. The minimum Gasteiger partial charge on any atom is -0.269 e. The van der Waals surface area contributed by atoms with Gasteiger partial charge in [0.05, 0.1) is 21.2 Å². The van der Waals surface area contributed by atoms with Crippen molar-refractivity contribution >= 4 is 33.0 Å². The topological polar surface area (TPSA) is 122 Å². The molecule has 1 amide bonds. The summed E-state index contributed by atoms with van der Waals surface area (Å²) in [5, 5.41) is 14.9. The summed E-state index contributed by atoms with van der Waals surface area (Å²) in [5.74, 6) is -0.505. The fourth-order valence-corrected chi connectivity index (χ4v) is 4.04. The molecule has 0 fully saturated rings. The summed E-state index contributed by atoms with van der Waals surface area (Å²) in [4.78, 5) is 23.0. The van der Waals surface area contributed by atoms with Crippen LogP contribution < -0.4 is 9.73 Å². The smallest absolute Gasteiger partial charge is 0.269 e. The Morgan fingerprint density at radius 2 is 1.62 bits per heavy atom. The van der Waals surface area contributed by atoms with Gasteiger partial charge in [0.15, 0.2) is 0 Å². The third-order valence-electron chi connectivity index (χ3n) is 4.69. The molecule has 0 aliphatic rings. The van der Waals surface area contributed by atoms with Gasteiger partial charge in [-0.3, -0.25) is 19.2 Å². The van der Waals surface area contributed by atoms with E-state index in [4.69, 9.17) is 0 Å². The number of nitro groups is 1. The van der Waals surface area contributed by atoms with Crippen molar-refractivity contribution in [2.24, 2.45) is 5.10 Å². The molecule has 9 nitrogen and oxygen atoms in total. The normalized spacial score (nSPS) is 11.6. The number of nitrogens with zero attached hydrogens (tertiary/aromatic N) is 3. The van der Waals surface area contributed by atoms with Gasteiger partial charge in [-0.25, -0.2) is 13.8 Å². The largest absolute Gasteiger partial charge is 0.271 e. The molecule has 164 valence electrons. The zero-order chi connectivity index (χ0) is 23.3. The van der Waals surface area contributed by atoms with Crippen LogP contribution in [0.3, 0.4) is 0 Å². The first-order valence-corrected chi connectivity index (χ1v) is 10.9. The zero-order valence-electron chi connectivity index (χ0n) is 17.3. The average molecular weight is 452 g/mol. The van der Waals surface area contributed by atoms with E-state index in [1.807, 2.05) is 0 Å². The SMILES string of the molecule is C/C(=N/NC(=O)c1ccc(N(C)S(=O)(=O)c2ccccc2)cc1)c1cccc([N+](=O)[O-])c1. The standard InChI is InChI=1S/C22H20N4O5S/c1-16(18-7-6-8-20(15-18)26(28)29)23-24-22(27)17-11-13-19(14-12-17)25(2)32(30,31)21-9-4-3-5-10-21/h3-15H,1-2H3,(H,24,27)/b23-16-. The maximum Gasteiger partial charge on any atom is 0.271 e. The summed E-state index contributed by atoms with van der Waals surface area (Å²) in [5.41, 5.74) is 3.88. The molecule has 0 heterocycles. The van der Waals surface area contributed by atoms with Crippen LogP contribution in [0.5, 0.6) is 0 Å². The monoisotopic (exact) mass is 452 g/mol. The highest BCUT2D eigenvalue weighted by Crippen LogP contribution is 2.22. The number of amides is 1. The van der Waals surface area contributed by atoms with E-state index in [1.54, 1.807) is 31.2 Å². The van der Waals surface area contributed by atoms with Crippen LogP contribution in [0.25, 0.3) is 0 Å². The molecule has 0 radical (unpaired) electrons. The molecule has 3 aromatic rings. The molecular weight excluding hydrogens is 432 g/mol. The highest BCUT2D eigenvalue weighted by atomic mass is 32.2. The highest BCUT2D eigenvalue weighted by molar-refractivity contribution is 7.92. The van der Waals surface area contributed by atoms with Crippen molar-refractivity contribution in [3.8, 4) is 0 Å². The minimum atomic E-state index is -3.72. The Hall–Kier alpha value is -4.05.